The molecule has 1 heterocycles. The summed E-state index contributed by atoms with van der Waals surface area (Å²) in [6, 6.07) is 0.242. The van der Waals surface area contributed by atoms with Crippen LogP contribution in [0, 0.1) is 5.92 Å². The normalized spacial score (nSPS) is 34.3. The second-order valence-corrected chi connectivity index (χ2v) is 8.55. The van der Waals surface area contributed by atoms with Crippen LogP contribution in [0.25, 0.3) is 0 Å². The summed E-state index contributed by atoms with van der Waals surface area (Å²) in [5.41, 5.74) is 5.83. The number of quaternary nitrogens is 1. The van der Waals surface area contributed by atoms with Gasteiger partial charge in [0.15, 0.2) is 0 Å². The minimum atomic E-state index is -0.499. The van der Waals surface area contributed by atoms with Crippen LogP contribution in [0.5, 0.6) is 0 Å². The molecule has 0 aromatic rings. The standard InChI is InChI=1S/C18H35N2O3/c1-5-16(21)13-10-14(19)12-20(11-13,15-8-6-7-9-15)17(22)23-18(2,3)4/h13-16,21H,5-12,19H2,1-4H3/q+1. The van der Waals surface area contributed by atoms with Gasteiger partial charge in [-0.2, -0.15) is 4.79 Å². The van der Waals surface area contributed by atoms with Gasteiger partial charge in [-0.3, -0.25) is 0 Å². The highest BCUT2D eigenvalue weighted by atomic mass is 16.6. The van der Waals surface area contributed by atoms with E-state index in [0.717, 1.165) is 19.3 Å². The Kier molecular flexibility index (Phi) is 5.75. The van der Waals surface area contributed by atoms with Crippen molar-refractivity contribution in [1.29, 1.82) is 0 Å². The van der Waals surface area contributed by atoms with Gasteiger partial charge in [0.05, 0.1) is 24.7 Å². The number of amides is 1. The molecule has 0 spiro atoms. The van der Waals surface area contributed by atoms with Gasteiger partial charge in [-0.25, -0.2) is 4.48 Å². The van der Waals surface area contributed by atoms with E-state index in [4.69, 9.17) is 10.5 Å². The Bertz CT molecular complexity index is 415. The number of hydrogen-bond donors (Lipinski definition) is 2. The number of piperidine rings is 1. The van der Waals surface area contributed by atoms with Crippen LogP contribution >= 0.6 is 0 Å². The molecule has 2 rings (SSSR count). The molecule has 1 saturated heterocycles. The summed E-state index contributed by atoms with van der Waals surface area (Å²) in [5, 5.41) is 10.4. The molecule has 5 heteroatoms. The van der Waals surface area contributed by atoms with Gasteiger partial charge in [0.2, 0.25) is 0 Å². The van der Waals surface area contributed by atoms with Crippen molar-refractivity contribution in [3.8, 4) is 0 Å². The second kappa shape index (κ2) is 7.08. The fourth-order valence-electron chi connectivity index (χ4n) is 4.41. The van der Waals surface area contributed by atoms with Gasteiger partial charge in [0.25, 0.3) is 0 Å². The monoisotopic (exact) mass is 327 g/mol. The number of hydrogen-bond acceptors (Lipinski definition) is 4. The van der Waals surface area contributed by atoms with E-state index in [-0.39, 0.29) is 24.2 Å². The topological polar surface area (TPSA) is 72.5 Å². The Morgan fingerprint density at radius 1 is 1.30 bits per heavy atom. The van der Waals surface area contributed by atoms with Gasteiger partial charge in [0.1, 0.15) is 12.1 Å². The summed E-state index contributed by atoms with van der Waals surface area (Å²) in [4.78, 5) is 13.1. The average Bonchev–Trinajstić information content (AvgIpc) is 2.98. The summed E-state index contributed by atoms with van der Waals surface area (Å²) in [7, 11) is 0. The lowest BCUT2D eigenvalue weighted by Crippen LogP contribution is -2.68. The number of aliphatic hydroxyl groups excluding tert-OH is 1. The van der Waals surface area contributed by atoms with Crippen molar-refractivity contribution in [3.05, 3.63) is 0 Å². The van der Waals surface area contributed by atoms with Gasteiger partial charge in [-0.05, 0) is 46.5 Å². The molecule has 5 nitrogen and oxygen atoms in total. The van der Waals surface area contributed by atoms with Crippen molar-refractivity contribution in [2.24, 2.45) is 11.7 Å². The Labute approximate surface area is 140 Å². The van der Waals surface area contributed by atoms with Crippen LogP contribution in [0.4, 0.5) is 4.79 Å². The molecule has 134 valence electrons. The molecular formula is C18H35N2O3+. The van der Waals surface area contributed by atoms with Crippen molar-refractivity contribution in [2.45, 2.75) is 90.0 Å². The van der Waals surface area contributed by atoms with Crippen LogP contribution in [-0.2, 0) is 4.74 Å². The van der Waals surface area contributed by atoms with Gasteiger partial charge < -0.3 is 15.6 Å². The van der Waals surface area contributed by atoms with E-state index >= 15 is 0 Å². The molecule has 2 aliphatic rings. The van der Waals surface area contributed by atoms with E-state index in [1.165, 1.54) is 12.8 Å². The quantitative estimate of drug-likeness (QED) is 0.782. The lowest BCUT2D eigenvalue weighted by Gasteiger charge is -2.48. The fourth-order valence-corrected chi connectivity index (χ4v) is 4.41. The molecule has 0 bridgehead atoms. The van der Waals surface area contributed by atoms with Crippen LogP contribution in [0.1, 0.15) is 66.2 Å². The maximum absolute atomic E-state index is 13.1. The van der Waals surface area contributed by atoms with Gasteiger partial charge in [-0.1, -0.05) is 6.92 Å². The summed E-state index contributed by atoms with van der Waals surface area (Å²) < 4.78 is 6.12. The highest BCUT2D eigenvalue weighted by molar-refractivity contribution is 5.61. The number of carbonyl (C=O) groups excluding carboxylic acids is 1. The van der Waals surface area contributed by atoms with Crippen LogP contribution in [0.2, 0.25) is 0 Å². The molecule has 1 aliphatic carbocycles. The van der Waals surface area contributed by atoms with E-state index < -0.39 is 5.60 Å². The molecular weight excluding hydrogens is 292 g/mol. The highest BCUT2D eigenvalue weighted by Gasteiger charge is 2.53. The van der Waals surface area contributed by atoms with E-state index in [9.17, 15) is 9.90 Å². The molecule has 1 aliphatic heterocycles. The third-order valence-electron chi connectivity index (χ3n) is 5.47. The summed E-state index contributed by atoms with van der Waals surface area (Å²) in [5.74, 6) is 0.0804. The summed E-state index contributed by atoms with van der Waals surface area (Å²) >= 11 is 0. The molecule has 3 N–H and O–H groups in total. The number of carbonyl (C=O) groups is 1. The van der Waals surface area contributed by atoms with Crippen molar-refractivity contribution in [3.63, 3.8) is 0 Å². The van der Waals surface area contributed by atoms with Crippen molar-refractivity contribution >= 4 is 6.09 Å². The molecule has 4 atom stereocenters. The second-order valence-electron chi connectivity index (χ2n) is 8.55. The summed E-state index contributed by atoms with van der Waals surface area (Å²) in [6.45, 7) is 9.05. The van der Waals surface area contributed by atoms with Gasteiger partial charge in [-0.15, -0.1) is 0 Å². The molecule has 4 unspecified atom stereocenters. The lowest BCUT2D eigenvalue weighted by molar-refractivity contribution is -0.892. The average molecular weight is 327 g/mol. The maximum atomic E-state index is 13.1. The van der Waals surface area contributed by atoms with E-state index in [1.807, 2.05) is 27.7 Å². The van der Waals surface area contributed by atoms with Crippen molar-refractivity contribution < 1.29 is 19.1 Å². The Balaban J connectivity index is 2.30. The maximum Gasteiger partial charge on any atom is 0.516 e. The number of nitrogens with zero attached hydrogens (tertiary/aromatic N) is 1. The largest absolute Gasteiger partial charge is 0.516 e. The first-order valence-electron chi connectivity index (χ1n) is 9.22. The molecule has 23 heavy (non-hydrogen) atoms. The zero-order valence-corrected chi connectivity index (χ0v) is 15.3. The predicted molar refractivity (Wildman–Crippen MR) is 90.9 cm³/mol. The smallest absolute Gasteiger partial charge is 0.414 e. The third-order valence-corrected chi connectivity index (χ3v) is 5.47. The van der Waals surface area contributed by atoms with E-state index in [2.05, 4.69) is 0 Å². The van der Waals surface area contributed by atoms with Crippen LogP contribution in [0.3, 0.4) is 0 Å². The molecule has 0 aromatic carbocycles. The Morgan fingerprint density at radius 2 is 1.91 bits per heavy atom. The van der Waals surface area contributed by atoms with E-state index in [1.54, 1.807) is 0 Å². The van der Waals surface area contributed by atoms with Gasteiger partial charge in [0, 0.05) is 18.8 Å². The minimum absolute atomic E-state index is 0.0527. The first-order valence-corrected chi connectivity index (χ1v) is 9.22. The third kappa shape index (κ3) is 4.25. The molecule has 0 aromatic heterocycles. The number of aliphatic hydroxyl groups is 1. The number of rotatable bonds is 3. The first kappa shape index (κ1) is 18.7. The highest BCUT2D eigenvalue weighted by Crippen LogP contribution is 2.37. The van der Waals surface area contributed by atoms with Crippen molar-refractivity contribution in [2.75, 3.05) is 13.1 Å². The molecule has 1 saturated carbocycles. The Hall–Kier alpha value is -0.650. The number of likely N-dealkylation sites (tertiary alicyclic amines) is 1. The minimum Gasteiger partial charge on any atom is -0.414 e. The lowest BCUT2D eigenvalue weighted by atomic mass is 9.86. The predicted octanol–water partition coefficient (Wildman–Crippen LogP) is 2.80. The first-order chi connectivity index (χ1) is 10.7. The van der Waals surface area contributed by atoms with Crippen LogP contribution in [-0.4, -0.2) is 52.6 Å². The fraction of sp³-hybridized carbons (Fsp3) is 0.944. The Morgan fingerprint density at radius 3 is 2.43 bits per heavy atom. The molecule has 2 fully saturated rings. The zero-order valence-electron chi connectivity index (χ0n) is 15.3. The van der Waals surface area contributed by atoms with Crippen LogP contribution < -0.4 is 5.73 Å². The van der Waals surface area contributed by atoms with Crippen LogP contribution in [0.15, 0.2) is 0 Å². The molecule has 0 radical (unpaired) electrons. The SMILES string of the molecule is CCC(O)C1CC(N)C[N+](C(=O)OC(C)(C)C)(C2CCCC2)C1. The van der Waals surface area contributed by atoms with E-state index in [0.29, 0.717) is 30.0 Å². The summed E-state index contributed by atoms with van der Waals surface area (Å²) in [6.07, 6.45) is 5.42. The molecule has 1 amide bonds. The van der Waals surface area contributed by atoms with Gasteiger partial charge >= 0.3 is 6.09 Å². The number of nitrogens with two attached hydrogens (primary N) is 1. The van der Waals surface area contributed by atoms with Crippen molar-refractivity contribution in [1.82, 2.24) is 0 Å². The number of ether oxygens (including phenoxy) is 1. The zero-order chi connectivity index (χ0) is 17.3.